The molecule has 5 nitrogen and oxygen atoms in total. The van der Waals surface area contributed by atoms with E-state index in [4.69, 9.17) is 17.3 Å². The molecule has 2 rings (SSSR count). The molecular formula is C12H17ClN4O. The van der Waals surface area contributed by atoms with Crippen LogP contribution in [-0.4, -0.2) is 41.5 Å². The van der Waals surface area contributed by atoms with Gasteiger partial charge >= 0.3 is 0 Å². The first-order valence-corrected chi connectivity index (χ1v) is 6.39. The van der Waals surface area contributed by atoms with Gasteiger partial charge in [-0.05, 0) is 18.9 Å². The van der Waals surface area contributed by atoms with Crippen LogP contribution < -0.4 is 11.1 Å². The molecule has 18 heavy (non-hydrogen) atoms. The molecule has 0 unspecified atom stereocenters. The fourth-order valence-electron chi connectivity index (χ4n) is 2.17. The van der Waals surface area contributed by atoms with Crippen LogP contribution in [0.3, 0.4) is 0 Å². The van der Waals surface area contributed by atoms with Crippen LogP contribution in [0.2, 0.25) is 5.02 Å². The fourth-order valence-corrected chi connectivity index (χ4v) is 2.34. The second kappa shape index (κ2) is 6.02. The first-order valence-electron chi connectivity index (χ1n) is 6.02. The zero-order valence-corrected chi connectivity index (χ0v) is 10.9. The fraction of sp³-hybridized carbons (Fsp3) is 0.500. The molecular weight excluding hydrogens is 252 g/mol. The van der Waals surface area contributed by atoms with Gasteiger partial charge in [-0.25, -0.2) is 0 Å². The van der Waals surface area contributed by atoms with Crippen molar-refractivity contribution in [3.05, 3.63) is 23.5 Å². The van der Waals surface area contributed by atoms with Crippen LogP contribution in [0.5, 0.6) is 0 Å². The molecule has 1 aliphatic rings. The molecule has 0 spiro atoms. The SMILES string of the molecule is NC(=O)CN1CCC(Nc2ccncc2Cl)CC1. The van der Waals surface area contributed by atoms with Gasteiger partial charge in [0.2, 0.25) is 5.91 Å². The first-order chi connectivity index (χ1) is 8.65. The van der Waals surface area contributed by atoms with Crippen molar-refractivity contribution in [2.45, 2.75) is 18.9 Å². The number of piperidine rings is 1. The summed E-state index contributed by atoms with van der Waals surface area (Å²) in [6, 6.07) is 2.26. The van der Waals surface area contributed by atoms with E-state index in [0.717, 1.165) is 31.6 Å². The molecule has 1 aliphatic heterocycles. The molecule has 0 saturated carbocycles. The van der Waals surface area contributed by atoms with Crippen molar-refractivity contribution in [2.24, 2.45) is 5.73 Å². The number of aromatic nitrogens is 1. The van der Waals surface area contributed by atoms with Crippen LogP contribution in [0.1, 0.15) is 12.8 Å². The van der Waals surface area contributed by atoms with E-state index in [1.165, 1.54) is 0 Å². The number of anilines is 1. The van der Waals surface area contributed by atoms with Crippen LogP contribution in [0, 0.1) is 0 Å². The van der Waals surface area contributed by atoms with E-state index in [0.29, 0.717) is 17.6 Å². The van der Waals surface area contributed by atoms with Crippen molar-refractivity contribution in [3.8, 4) is 0 Å². The van der Waals surface area contributed by atoms with E-state index in [-0.39, 0.29) is 5.91 Å². The molecule has 1 amide bonds. The number of hydrogen-bond donors (Lipinski definition) is 2. The van der Waals surface area contributed by atoms with Gasteiger partial charge in [-0.1, -0.05) is 11.6 Å². The minimum Gasteiger partial charge on any atom is -0.381 e. The first kappa shape index (κ1) is 13.1. The number of nitrogens with one attached hydrogen (secondary N) is 1. The quantitative estimate of drug-likeness (QED) is 0.858. The summed E-state index contributed by atoms with van der Waals surface area (Å²) in [5.41, 5.74) is 6.10. The lowest BCUT2D eigenvalue weighted by atomic mass is 10.0. The van der Waals surface area contributed by atoms with Gasteiger partial charge in [0.05, 0.1) is 17.3 Å². The molecule has 0 aliphatic carbocycles. The Kier molecular flexibility index (Phi) is 4.38. The van der Waals surface area contributed by atoms with Crippen LogP contribution in [0.25, 0.3) is 0 Å². The van der Waals surface area contributed by atoms with Gasteiger partial charge in [-0.3, -0.25) is 14.7 Å². The van der Waals surface area contributed by atoms with E-state index in [1.54, 1.807) is 12.4 Å². The zero-order valence-electron chi connectivity index (χ0n) is 10.1. The van der Waals surface area contributed by atoms with E-state index < -0.39 is 0 Å². The zero-order chi connectivity index (χ0) is 13.0. The Morgan fingerprint density at radius 2 is 2.28 bits per heavy atom. The number of nitrogens with zero attached hydrogens (tertiary/aromatic N) is 2. The second-order valence-corrected chi connectivity index (χ2v) is 4.92. The van der Waals surface area contributed by atoms with E-state index in [9.17, 15) is 4.79 Å². The average molecular weight is 269 g/mol. The monoisotopic (exact) mass is 268 g/mol. The summed E-state index contributed by atoms with van der Waals surface area (Å²) in [4.78, 5) is 16.9. The van der Waals surface area contributed by atoms with Gasteiger partial charge in [0.1, 0.15) is 0 Å². The van der Waals surface area contributed by atoms with Crippen LogP contribution >= 0.6 is 11.6 Å². The molecule has 1 aromatic rings. The number of pyridine rings is 1. The minimum absolute atomic E-state index is 0.265. The summed E-state index contributed by atoms with van der Waals surface area (Å²) >= 11 is 6.04. The summed E-state index contributed by atoms with van der Waals surface area (Å²) in [6.45, 7) is 2.11. The van der Waals surface area contributed by atoms with Crippen molar-refractivity contribution in [3.63, 3.8) is 0 Å². The summed E-state index contributed by atoms with van der Waals surface area (Å²) in [5.74, 6) is -0.265. The molecule has 0 bridgehead atoms. The third kappa shape index (κ3) is 3.58. The van der Waals surface area contributed by atoms with E-state index in [2.05, 4.69) is 15.2 Å². The Morgan fingerprint density at radius 3 is 2.89 bits per heavy atom. The van der Waals surface area contributed by atoms with E-state index >= 15 is 0 Å². The Hall–Kier alpha value is -1.33. The van der Waals surface area contributed by atoms with Gasteiger partial charge in [0, 0.05) is 31.5 Å². The van der Waals surface area contributed by atoms with Crippen LogP contribution in [0.15, 0.2) is 18.5 Å². The summed E-state index contributed by atoms with van der Waals surface area (Å²) in [7, 11) is 0. The van der Waals surface area contributed by atoms with Crippen molar-refractivity contribution in [1.29, 1.82) is 0 Å². The summed E-state index contributed by atoms with van der Waals surface area (Å²) < 4.78 is 0. The number of carbonyl (C=O) groups is 1. The largest absolute Gasteiger partial charge is 0.381 e. The standard InChI is InChI=1S/C12H17ClN4O/c13-10-7-15-4-1-11(10)16-9-2-5-17(6-3-9)8-12(14)18/h1,4,7,9H,2-3,5-6,8H2,(H2,14,18)(H,15,16). The predicted molar refractivity (Wildman–Crippen MR) is 71.5 cm³/mol. The predicted octanol–water partition coefficient (Wildman–Crippen LogP) is 1.10. The van der Waals surface area contributed by atoms with Crippen molar-refractivity contribution >= 4 is 23.2 Å². The van der Waals surface area contributed by atoms with Gasteiger partial charge in [0.25, 0.3) is 0 Å². The average Bonchev–Trinajstić information content (AvgIpc) is 2.34. The minimum atomic E-state index is -0.265. The Morgan fingerprint density at radius 1 is 1.56 bits per heavy atom. The van der Waals surface area contributed by atoms with Gasteiger partial charge in [-0.2, -0.15) is 0 Å². The second-order valence-electron chi connectivity index (χ2n) is 4.52. The van der Waals surface area contributed by atoms with Gasteiger partial charge in [-0.15, -0.1) is 0 Å². The lowest BCUT2D eigenvalue weighted by Gasteiger charge is -2.32. The maximum absolute atomic E-state index is 10.8. The number of likely N-dealkylation sites (tertiary alicyclic amines) is 1. The topological polar surface area (TPSA) is 71.2 Å². The Balaban J connectivity index is 1.84. The highest BCUT2D eigenvalue weighted by atomic mass is 35.5. The Labute approximate surface area is 111 Å². The van der Waals surface area contributed by atoms with Gasteiger partial charge < -0.3 is 11.1 Å². The third-order valence-electron chi connectivity index (χ3n) is 3.10. The van der Waals surface area contributed by atoms with E-state index in [1.807, 2.05) is 6.07 Å². The molecule has 1 fully saturated rings. The smallest absolute Gasteiger partial charge is 0.231 e. The summed E-state index contributed by atoms with van der Waals surface area (Å²) in [5, 5.41) is 4.04. The number of rotatable bonds is 4. The Bertz CT molecular complexity index is 418. The van der Waals surface area contributed by atoms with Crippen molar-refractivity contribution in [2.75, 3.05) is 25.0 Å². The van der Waals surface area contributed by atoms with Gasteiger partial charge in [0.15, 0.2) is 0 Å². The maximum Gasteiger partial charge on any atom is 0.231 e. The molecule has 2 heterocycles. The lowest BCUT2D eigenvalue weighted by Crippen LogP contribution is -2.42. The number of halogens is 1. The third-order valence-corrected chi connectivity index (χ3v) is 3.40. The molecule has 0 aromatic carbocycles. The van der Waals surface area contributed by atoms with Crippen LogP contribution in [0.4, 0.5) is 5.69 Å². The van der Waals surface area contributed by atoms with Crippen molar-refractivity contribution in [1.82, 2.24) is 9.88 Å². The molecule has 1 aromatic heterocycles. The van der Waals surface area contributed by atoms with Crippen LogP contribution in [-0.2, 0) is 4.79 Å². The molecule has 3 N–H and O–H groups in total. The summed E-state index contributed by atoms with van der Waals surface area (Å²) in [6.07, 6.45) is 5.31. The molecule has 6 heteroatoms. The highest BCUT2D eigenvalue weighted by Gasteiger charge is 2.20. The molecule has 98 valence electrons. The molecule has 0 radical (unpaired) electrons. The highest BCUT2D eigenvalue weighted by Crippen LogP contribution is 2.22. The number of primary amides is 1. The number of nitrogens with two attached hydrogens (primary N) is 1. The number of hydrogen-bond acceptors (Lipinski definition) is 4. The lowest BCUT2D eigenvalue weighted by molar-refractivity contribution is -0.119. The molecule has 0 atom stereocenters. The van der Waals surface area contributed by atoms with Crippen molar-refractivity contribution < 1.29 is 4.79 Å². The molecule has 1 saturated heterocycles. The number of amides is 1. The normalized spacial score (nSPS) is 17.6. The highest BCUT2D eigenvalue weighted by molar-refractivity contribution is 6.33. The maximum atomic E-state index is 10.8. The number of carbonyl (C=O) groups excluding carboxylic acids is 1.